The average Bonchev–Trinajstić information content (AvgIpc) is 3.69. The van der Waals surface area contributed by atoms with Gasteiger partial charge in [-0.2, -0.15) is 31.4 Å². The largest absolute Gasteiger partial charge is 0.489 e. The van der Waals surface area contributed by atoms with Crippen LogP contribution in [0.15, 0.2) is 24.3 Å². The van der Waals surface area contributed by atoms with Gasteiger partial charge >= 0.3 is 0 Å². The van der Waals surface area contributed by atoms with E-state index in [-0.39, 0.29) is 0 Å². The van der Waals surface area contributed by atoms with E-state index >= 15 is 0 Å². The van der Waals surface area contributed by atoms with Crippen molar-refractivity contribution >= 4 is 70.7 Å². The lowest BCUT2D eigenvalue weighted by Gasteiger charge is -2.20. The number of fused-ring (bicyclic) bond motifs is 1. The van der Waals surface area contributed by atoms with Crippen molar-refractivity contribution in [2.45, 2.75) is 90.9 Å². The highest BCUT2D eigenvalue weighted by Gasteiger charge is 2.28. The predicted octanol–water partition coefficient (Wildman–Crippen LogP) is 8.21. The molecule has 0 aliphatic carbocycles. The first-order valence-electron chi connectivity index (χ1n) is 14.4. The zero-order valence-electron chi connectivity index (χ0n) is 23.3. The molecule has 1 aromatic carbocycles. The van der Waals surface area contributed by atoms with Gasteiger partial charge in [-0.1, -0.05) is 90.2 Å². The van der Waals surface area contributed by atoms with Gasteiger partial charge in [0.05, 0.1) is 36.1 Å². The van der Waals surface area contributed by atoms with Crippen LogP contribution in [0.2, 0.25) is 0 Å². The highest BCUT2D eigenvalue weighted by Crippen LogP contribution is 2.51. The van der Waals surface area contributed by atoms with Gasteiger partial charge in [-0.25, -0.2) is 0 Å². The zero-order valence-corrected chi connectivity index (χ0v) is 25.7. The molecule has 3 aromatic heterocycles. The Labute approximate surface area is 248 Å². The molecule has 0 saturated carbocycles. The van der Waals surface area contributed by atoms with Crippen LogP contribution < -0.4 is 19.0 Å². The molecular weight excluding hydrogens is 538 g/mol. The van der Waals surface area contributed by atoms with Crippen molar-refractivity contribution in [1.82, 2.24) is 8.75 Å². The fraction of sp³-hybridized carbons (Fsp3) is 0.533. The van der Waals surface area contributed by atoms with Crippen LogP contribution in [0.3, 0.4) is 0 Å². The van der Waals surface area contributed by atoms with Crippen molar-refractivity contribution < 1.29 is 9.47 Å². The molecule has 204 valence electrons. The third kappa shape index (κ3) is 8.11. The number of hydrogen-bond donors (Lipinski definition) is 0. The first-order valence-corrected chi connectivity index (χ1v) is 16.8. The lowest BCUT2D eigenvalue weighted by molar-refractivity contribution is 0.260. The smallest absolute Gasteiger partial charge is 0.172 e. The third-order valence-corrected chi connectivity index (χ3v) is 9.25. The maximum Gasteiger partial charge on any atom is 0.172 e. The van der Waals surface area contributed by atoms with E-state index in [1.54, 1.807) is 22.7 Å². The molecule has 4 radical (unpaired) electrons. The Morgan fingerprint density at radius 1 is 0.590 bits per heavy atom. The van der Waals surface area contributed by atoms with Crippen molar-refractivity contribution in [3.8, 4) is 32.4 Å². The molecule has 4 aromatic rings. The molecule has 0 aliphatic rings. The number of nitrogens with zero attached hydrogens (tertiary/aromatic N) is 2. The van der Waals surface area contributed by atoms with E-state index in [1.165, 1.54) is 63.1 Å². The number of benzene rings is 1. The minimum atomic E-state index is 0.627. The highest BCUT2D eigenvalue weighted by molar-refractivity contribution is 7.23. The summed E-state index contributed by atoms with van der Waals surface area (Å²) in [7, 11) is 12.4. The van der Waals surface area contributed by atoms with Crippen LogP contribution in [0.25, 0.3) is 31.9 Å². The lowest BCUT2D eigenvalue weighted by Crippen LogP contribution is -2.06. The minimum absolute atomic E-state index is 0.627. The van der Waals surface area contributed by atoms with E-state index in [9.17, 15) is 0 Å². The number of hydrogen-bond acceptors (Lipinski definition) is 7. The number of unbranched alkanes of at least 4 members (excludes halogenated alkanes) is 10. The third-order valence-electron chi connectivity index (χ3n) is 6.86. The monoisotopic (exact) mass is 576 g/mol. The molecule has 9 heteroatoms. The summed E-state index contributed by atoms with van der Waals surface area (Å²) in [6.07, 6.45) is 14.4. The molecule has 0 atom stereocenters. The van der Waals surface area contributed by atoms with Crippen molar-refractivity contribution in [3.63, 3.8) is 0 Å². The van der Waals surface area contributed by atoms with E-state index in [0.717, 1.165) is 78.6 Å². The highest BCUT2D eigenvalue weighted by atomic mass is 32.1. The Balaban J connectivity index is 1.70. The van der Waals surface area contributed by atoms with Gasteiger partial charge in [-0.3, -0.25) is 0 Å². The Morgan fingerprint density at radius 2 is 1.00 bits per heavy atom. The van der Waals surface area contributed by atoms with Gasteiger partial charge in [0.25, 0.3) is 0 Å². The summed E-state index contributed by atoms with van der Waals surface area (Å²) in [6, 6.07) is 7.97. The van der Waals surface area contributed by atoms with Crippen LogP contribution >= 0.6 is 34.4 Å². The van der Waals surface area contributed by atoms with Crippen LogP contribution in [0, 0.1) is 0 Å². The molecule has 3 heterocycles. The summed E-state index contributed by atoms with van der Waals surface area (Å²) in [4.78, 5) is 2.04. The second-order valence-electron chi connectivity index (χ2n) is 10.0. The molecule has 4 rings (SSSR count). The van der Waals surface area contributed by atoms with E-state index < -0.39 is 0 Å². The minimum Gasteiger partial charge on any atom is -0.489 e. The van der Waals surface area contributed by atoms with Crippen molar-refractivity contribution in [2.24, 2.45) is 0 Å². The Bertz CT molecular complexity index is 1200. The first kappa shape index (κ1) is 30.1. The Hall–Kier alpha value is -1.83. The van der Waals surface area contributed by atoms with Crippen molar-refractivity contribution in [1.29, 1.82) is 0 Å². The van der Waals surface area contributed by atoms with Crippen molar-refractivity contribution in [2.75, 3.05) is 13.2 Å². The van der Waals surface area contributed by atoms with Crippen LogP contribution in [-0.4, -0.2) is 37.7 Å². The summed E-state index contributed by atoms with van der Waals surface area (Å²) in [5.74, 6) is 1.50. The topological polar surface area (TPSA) is 44.2 Å². The maximum absolute atomic E-state index is 6.65. The van der Waals surface area contributed by atoms with Crippen LogP contribution in [0.5, 0.6) is 11.5 Å². The average molecular weight is 576 g/mol. The van der Waals surface area contributed by atoms with Gasteiger partial charge in [0.1, 0.15) is 26.7 Å². The van der Waals surface area contributed by atoms with Crippen LogP contribution in [0.1, 0.15) is 90.9 Å². The van der Waals surface area contributed by atoms with Gasteiger partial charge in [0.2, 0.25) is 0 Å². The fourth-order valence-electron chi connectivity index (χ4n) is 4.78. The van der Waals surface area contributed by atoms with Crippen LogP contribution in [-0.2, 0) is 0 Å². The van der Waals surface area contributed by atoms with Gasteiger partial charge in [-0.15, -0.1) is 0 Å². The fourth-order valence-corrected chi connectivity index (χ4v) is 6.97. The van der Waals surface area contributed by atoms with E-state index in [2.05, 4.69) is 13.8 Å². The molecule has 0 amide bonds. The maximum atomic E-state index is 6.65. The second-order valence-corrected chi connectivity index (χ2v) is 12.8. The summed E-state index contributed by atoms with van der Waals surface area (Å²) in [5, 5.41) is 0. The molecule has 39 heavy (non-hydrogen) atoms. The summed E-state index contributed by atoms with van der Waals surface area (Å²) >= 11 is 4.30. The Kier molecular flexibility index (Phi) is 12.2. The summed E-state index contributed by atoms with van der Waals surface area (Å²) in [5.41, 5.74) is 3.51. The lowest BCUT2D eigenvalue weighted by atomic mass is 10.0. The molecule has 0 saturated heterocycles. The number of thiophene rings is 2. The van der Waals surface area contributed by atoms with Gasteiger partial charge < -0.3 is 9.47 Å². The number of aromatic nitrogens is 2. The number of rotatable bonds is 18. The quantitative estimate of drug-likeness (QED) is 0.0885. The normalized spacial score (nSPS) is 11.4. The molecule has 0 fully saturated rings. The predicted molar refractivity (Wildman–Crippen MR) is 173 cm³/mol. The van der Waals surface area contributed by atoms with Crippen LogP contribution in [0.4, 0.5) is 0 Å². The van der Waals surface area contributed by atoms with Gasteiger partial charge in [0.15, 0.2) is 11.5 Å². The SMILES string of the molecule is [B]c1ccc(-c2c(OCCCCCCCC)c(OCCCCCCCC)c(-c3ccc([B])s3)c3nsnc23)s1. The molecule has 0 N–H and O–H groups in total. The molecule has 4 nitrogen and oxygen atoms in total. The summed E-state index contributed by atoms with van der Waals surface area (Å²) < 4.78 is 24.3. The standard InChI is InChI=1S/C30H38B2N2O2S3/c1-3-5-7-9-11-13-19-35-29-25(21-15-17-23(31)37-21)27-28(34-39-33-27)26(22-16-18-24(32)38-22)30(29)36-20-14-12-10-8-6-4-2/h15-18H,3-14,19-20H2,1-2H3. The molecule has 0 unspecified atom stereocenters. The molecule has 0 spiro atoms. The summed E-state index contributed by atoms with van der Waals surface area (Å²) in [6.45, 7) is 5.75. The number of ether oxygens (including phenoxy) is 2. The molecular formula is C30H38B2N2O2S3. The van der Waals surface area contributed by atoms with E-state index in [4.69, 9.17) is 33.9 Å². The second kappa shape index (κ2) is 15.8. The van der Waals surface area contributed by atoms with Gasteiger partial charge in [-0.05, 0) is 34.5 Å². The Morgan fingerprint density at radius 3 is 1.38 bits per heavy atom. The molecule has 0 aliphatic heterocycles. The first-order chi connectivity index (χ1) is 19.1. The van der Waals surface area contributed by atoms with E-state index in [0.29, 0.717) is 13.2 Å². The van der Waals surface area contributed by atoms with Crippen molar-refractivity contribution in [3.05, 3.63) is 24.3 Å². The molecule has 0 bridgehead atoms. The van der Waals surface area contributed by atoms with Gasteiger partial charge in [0, 0.05) is 9.75 Å². The zero-order chi connectivity index (χ0) is 27.5. The van der Waals surface area contributed by atoms with E-state index in [1.807, 2.05) is 24.3 Å².